The van der Waals surface area contributed by atoms with E-state index in [4.69, 9.17) is 10.00 Å². The lowest BCUT2D eigenvalue weighted by Gasteiger charge is -2.16. The van der Waals surface area contributed by atoms with Crippen LogP contribution in [0.1, 0.15) is 15.9 Å². The minimum Gasteiger partial charge on any atom is -0.374 e. The van der Waals surface area contributed by atoms with Gasteiger partial charge in [0.25, 0.3) is 0 Å². The van der Waals surface area contributed by atoms with E-state index in [9.17, 15) is 4.79 Å². The molecule has 0 spiro atoms. The lowest BCUT2D eigenvalue weighted by atomic mass is 9.94. The van der Waals surface area contributed by atoms with Crippen molar-refractivity contribution in [3.8, 4) is 6.07 Å². The van der Waals surface area contributed by atoms with Crippen molar-refractivity contribution < 1.29 is 9.53 Å². The van der Waals surface area contributed by atoms with Gasteiger partial charge in [0.15, 0.2) is 5.78 Å². The fraction of sp³-hybridized carbons (Fsp3) is 0.357. The van der Waals surface area contributed by atoms with Crippen molar-refractivity contribution in [3.63, 3.8) is 0 Å². The topological polar surface area (TPSA) is 62.5 Å². The number of hydrogen-bond donors (Lipinski definition) is 0. The Hall–Kier alpha value is -1.99. The number of hydrogen-bond acceptors (Lipinski definition) is 4. The van der Waals surface area contributed by atoms with Crippen molar-refractivity contribution in [2.24, 2.45) is 10.9 Å². The zero-order valence-corrected chi connectivity index (χ0v) is 10.2. The highest BCUT2D eigenvalue weighted by Gasteiger charge is 2.26. The molecule has 1 aromatic rings. The summed E-state index contributed by atoms with van der Waals surface area (Å²) in [7, 11) is 0. The van der Waals surface area contributed by atoms with Crippen LogP contribution in [0, 0.1) is 24.2 Å². The number of nitriles is 1. The number of aryl methyl sites for hydroxylation is 1. The predicted molar refractivity (Wildman–Crippen MR) is 67.7 cm³/mol. The average molecular weight is 242 g/mol. The first-order chi connectivity index (χ1) is 8.72. The number of carbonyl (C=O) groups excluding carboxylic acids is 1. The largest absolute Gasteiger partial charge is 0.374 e. The molecule has 0 saturated heterocycles. The zero-order chi connectivity index (χ0) is 13.0. The minimum atomic E-state index is -0.826. The van der Waals surface area contributed by atoms with Crippen LogP contribution in [-0.4, -0.2) is 31.3 Å². The smallest absolute Gasteiger partial charge is 0.185 e. The van der Waals surface area contributed by atoms with Crippen molar-refractivity contribution in [3.05, 3.63) is 35.4 Å². The van der Waals surface area contributed by atoms with Crippen LogP contribution in [0.3, 0.4) is 0 Å². The molecule has 4 heteroatoms. The van der Waals surface area contributed by atoms with Crippen LogP contribution in [0.2, 0.25) is 0 Å². The molecule has 0 aliphatic carbocycles. The standard InChI is InChI=1S/C14H14N2O2/c1-10-2-4-11(5-3-10)14(17)12(8-15)13-9-18-7-6-16-13/h2-5,12H,6-7,9H2,1H3. The number of rotatable bonds is 3. The van der Waals surface area contributed by atoms with E-state index in [2.05, 4.69) is 4.99 Å². The fourth-order valence-corrected chi connectivity index (χ4v) is 1.82. The van der Waals surface area contributed by atoms with Crippen LogP contribution >= 0.6 is 0 Å². The maximum absolute atomic E-state index is 12.2. The van der Waals surface area contributed by atoms with Gasteiger partial charge in [0, 0.05) is 5.56 Å². The molecule has 4 nitrogen and oxygen atoms in total. The van der Waals surface area contributed by atoms with Gasteiger partial charge in [-0.2, -0.15) is 5.26 Å². The summed E-state index contributed by atoms with van der Waals surface area (Å²) >= 11 is 0. The van der Waals surface area contributed by atoms with Crippen molar-refractivity contribution in [2.75, 3.05) is 19.8 Å². The highest BCUT2D eigenvalue weighted by atomic mass is 16.5. The Labute approximate surface area is 106 Å². The Morgan fingerprint density at radius 2 is 2.17 bits per heavy atom. The Morgan fingerprint density at radius 3 is 2.72 bits per heavy atom. The third-order valence-electron chi connectivity index (χ3n) is 2.86. The first kappa shape index (κ1) is 12.5. The van der Waals surface area contributed by atoms with Crippen molar-refractivity contribution in [1.29, 1.82) is 5.26 Å². The molecule has 0 bridgehead atoms. The molecule has 1 heterocycles. The Balaban J connectivity index is 2.23. The Kier molecular flexibility index (Phi) is 3.85. The monoisotopic (exact) mass is 242 g/mol. The normalized spacial score (nSPS) is 16.6. The van der Waals surface area contributed by atoms with E-state index < -0.39 is 5.92 Å². The molecule has 1 aromatic carbocycles. The van der Waals surface area contributed by atoms with Gasteiger partial charge in [-0.1, -0.05) is 29.8 Å². The predicted octanol–water partition coefficient (Wildman–Crippen LogP) is 1.79. The van der Waals surface area contributed by atoms with Crippen LogP contribution in [0.4, 0.5) is 0 Å². The number of ketones is 1. The molecule has 1 unspecified atom stereocenters. The summed E-state index contributed by atoms with van der Waals surface area (Å²) < 4.78 is 5.24. The molecule has 92 valence electrons. The van der Waals surface area contributed by atoms with Crippen molar-refractivity contribution >= 4 is 11.5 Å². The summed E-state index contributed by atoms with van der Waals surface area (Å²) in [6.07, 6.45) is 0. The summed E-state index contributed by atoms with van der Waals surface area (Å²) in [6, 6.07) is 9.23. The second-order valence-corrected chi connectivity index (χ2v) is 4.22. The van der Waals surface area contributed by atoms with Crippen LogP contribution in [0.25, 0.3) is 0 Å². The molecule has 0 aromatic heterocycles. The maximum Gasteiger partial charge on any atom is 0.185 e. The van der Waals surface area contributed by atoms with Gasteiger partial charge in [-0.3, -0.25) is 9.79 Å². The van der Waals surface area contributed by atoms with E-state index in [1.54, 1.807) is 12.1 Å². The lowest BCUT2D eigenvalue weighted by molar-refractivity contribution is 0.0966. The molecule has 0 amide bonds. The van der Waals surface area contributed by atoms with Crippen molar-refractivity contribution in [2.45, 2.75) is 6.92 Å². The van der Waals surface area contributed by atoms with Crippen molar-refractivity contribution in [1.82, 2.24) is 0 Å². The number of carbonyl (C=O) groups is 1. The fourth-order valence-electron chi connectivity index (χ4n) is 1.82. The van der Waals surface area contributed by atoms with Crippen LogP contribution in [0.5, 0.6) is 0 Å². The zero-order valence-electron chi connectivity index (χ0n) is 10.2. The summed E-state index contributed by atoms with van der Waals surface area (Å²) in [5.41, 5.74) is 2.16. The number of Topliss-reactive ketones (excluding diaryl/α,β-unsaturated/α-hetero) is 1. The van der Waals surface area contributed by atoms with Gasteiger partial charge >= 0.3 is 0 Å². The summed E-state index contributed by atoms with van der Waals surface area (Å²) in [6.45, 7) is 3.31. The van der Waals surface area contributed by atoms with Crippen LogP contribution in [0.15, 0.2) is 29.3 Å². The molecule has 0 N–H and O–H groups in total. The van der Waals surface area contributed by atoms with Gasteiger partial charge in [0.05, 0.1) is 31.5 Å². The van der Waals surface area contributed by atoms with E-state index in [1.807, 2.05) is 25.1 Å². The molecular formula is C14H14N2O2. The second-order valence-electron chi connectivity index (χ2n) is 4.22. The molecular weight excluding hydrogens is 228 g/mol. The summed E-state index contributed by atoms with van der Waals surface area (Å²) in [5, 5.41) is 9.16. The highest BCUT2D eigenvalue weighted by molar-refractivity contribution is 6.14. The lowest BCUT2D eigenvalue weighted by Crippen LogP contribution is -2.30. The molecule has 18 heavy (non-hydrogen) atoms. The van der Waals surface area contributed by atoms with Gasteiger partial charge in [0.1, 0.15) is 5.92 Å². The van der Waals surface area contributed by atoms with E-state index in [-0.39, 0.29) is 12.4 Å². The highest BCUT2D eigenvalue weighted by Crippen LogP contribution is 2.13. The molecule has 0 saturated carbocycles. The van der Waals surface area contributed by atoms with E-state index in [0.29, 0.717) is 24.4 Å². The Morgan fingerprint density at radius 1 is 1.44 bits per heavy atom. The maximum atomic E-state index is 12.2. The SMILES string of the molecule is Cc1ccc(C(=O)C(C#N)C2=NCCOC2)cc1. The summed E-state index contributed by atoms with van der Waals surface area (Å²) in [5.74, 6) is -1.03. The van der Waals surface area contributed by atoms with Crippen LogP contribution < -0.4 is 0 Å². The average Bonchev–Trinajstić information content (AvgIpc) is 2.41. The third kappa shape index (κ3) is 2.63. The van der Waals surface area contributed by atoms with Gasteiger partial charge in [-0.15, -0.1) is 0 Å². The number of nitrogens with zero attached hydrogens (tertiary/aromatic N) is 2. The first-order valence-electron chi connectivity index (χ1n) is 5.84. The van der Waals surface area contributed by atoms with E-state index >= 15 is 0 Å². The first-order valence-corrected chi connectivity index (χ1v) is 5.84. The number of aliphatic imine (C=N–C) groups is 1. The van der Waals surface area contributed by atoms with E-state index in [0.717, 1.165) is 5.56 Å². The van der Waals surface area contributed by atoms with E-state index in [1.165, 1.54) is 0 Å². The second kappa shape index (κ2) is 5.56. The number of ether oxygens (including phenoxy) is 1. The molecule has 1 atom stereocenters. The molecule has 2 rings (SSSR count). The minimum absolute atomic E-state index is 0.207. The third-order valence-corrected chi connectivity index (χ3v) is 2.86. The molecule has 1 aliphatic heterocycles. The van der Waals surface area contributed by atoms with Gasteiger partial charge in [-0.25, -0.2) is 0 Å². The molecule has 0 radical (unpaired) electrons. The van der Waals surface area contributed by atoms with Gasteiger partial charge < -0.3 is 4.74 Å². The number of benzene rings is 1. The quantitative estimate of drug-likeness (QED) is 0.759. The van der Waals surface area contributed by atoms with Crippen LogP contribution in [-0.2, 0) is 4.74 Å². The summed E-state index contributed by atoms with van der Waals surface area (Å²) in [4.78, 5) is 16.4. The van der Waals surface area contributed by atoms with Gasteiger partial charge in [-0.05, 0) is 6.92 Å². The molecule has 1 aliphatic rings. The van der Waals surface area contributed by atoms with Gasteiger partial charge in [0.2, 0.25) is 0 Å². The Bertz CT molecular complexity index is 512. The molecule has 0 fully saturated rings.